The lowest BCUT2D eigenvalue weighted by molar-refractivity contribution is 0.504. The summed E-state index contributed by atoms with van der Waals surface area (Å²) in [6.45, 7) is 9.06. The van der Waals surface area contributed by atoms with Gasteiger partial charge in [0, 0.05) is 12.2 Å². The van der Waals surface area contributed by atoms with E-state index < -0.39 is 0 Å². The molecule has 0 aromatic carbocycles. The zero-order chi connectivity index (χ0) is 8.27. The van der Waals surface area contributed by atoms with Crippen LogP contribution in [0.1, 0.15) is 6.92 Å². The van der Waals surface area contributed by atoms with Crippen LogP contribution in [0.2, 0.25) is 6.82 Å². The molecule has 0 N–H and O–H groups in total. The van der Waals surface area contributed by atoms with Gasteiger partial charge in [-0.05, 0) is 19.2 Å². The van der Waals surface area contributed by atoms with E-state index in [1.807, 2.05) is 12.9 Å². The molecule has 1 rings (SSSR count). The Kier molecular flexibility index (Phi) is 2.58. The first-order valence-corrected chi connectivity index (χ1v) is 3.92. The normalized spacial score (nSPS) is 16.7. The maximum absolute atomic E-state index is 3.92. The molecule has 0 unspecified atom stereocenters. The lowest BCUT2D eigenvalue weighted by Crippen LogP contribution is -2.17. The van der Waals surface area contributed by atoms with Gasteiger partial charge >= 0.3 is 0 Å². The van der Waals surface area contributed by atoms with Crippen molar-refractivity contribution in [2.45, 2.75) is 13.7 Å². The van der Waals surface area contributed by atoms with Crippen LogP contribution in [-0.2, 0) is 0 Å². The standard InChI is InChI=1S/C9H13BN/c1-4-11-7-9(10-3)6-5-8(11)2/h5-7H,2,4H2,1,3H3. The zero-order valence-electron chi connectivity index (χ0n) is 7.17. The highest BCUT2D eigenvalue weighted by Crippen LogP contribution is 2.13. The number of nitrogens with zero attached hydrogens (tertiary/aromatic N) is 1. The molecule has 0 amide bonds. The van der Waals surface area contributed by atoms with Crippen LogP contribution in [0.4, 0.5) is 0 Å². The van der Waals surface area contributed by atoms with Crippen molar-refractivity contribution in [2.75, 3.05) is 6.54 Å². The highest BCUT2D eigenvalue weighted by atomic mass is 15.1. The second kappa shape index (κ2) is 3.47. The van der Waals surface area contributed by atoms with Crippen molar-refractivity contribution in [3.63, 3.8) is 0 Å². The molecule has 2 heteroatoms. The summed E-state index contributed by atoms with van der Waals surface area (Å²) in [5, 5.41) is 0. The summed E-state index contributed by atoms with van der Waals surface area (Å²) in [6.07, 6.45) is 6.23. The molecule has 0 aliphatic carbocycles. The number of likely N-dealkylation sites (N-methyl/N-ethyl adjacent to an activating group) is 1. The van der Waals surface area contributed by atoms with E-state index in [0.29, 0.717) is 0 Å². The number of hydrogen-bond acceptors (Lipinski definition) is 1. The van der Waals surface area contributed by atoms with Gasteiger partial charge in [0.1, 0.15) is 7.28 Å². The van der Waals surface area contributed by atoms with E-state index >= 15 is 0 Å². The lowest BCUT2D eigenvalue weighted by atomic mass is 9.72. The lowest BCUT2D eigenvalue weighted by Gasteiger charge is -2.23. The van der Waals surface area contributed by atoms with E-state index in [4.69, 9.17) is 0 Å². The van der Waals surface area contributed by atoms with Crippen molar-refractivity contribution in [1.82, 2.24) is 4.90 Å². The van der Waals surface area contributed by atoms with Gasteiger partial charge in [-0.1, -0.05) is 25.0 Å². The third-order valence-corrected chi connectivity index (χ3v) is 1.82. The first kappa shape index (κ1) is 8.18. The van der Waals surface area contributed by atoms with Gasteiger partial charge in [0.25, 0.3) is 0 Å². The largest absolute Gasteiger partial charge is 0.349 e. The van der Waals surface area contributed by atoms with Crippen molar-refractivity contribution >= 4 is 7.28 Å². The fourth-order valence-corrected chi connectivity index (χ4v) is 1.06. The molecule has 0 aromatic heterocycles. The minimum absolute atomic E-state index is 0.987. The smallest absolute Gasteiger partial charge is 0.150 e. The predicted octanol–water partition coefficient (Wildman–Crippen LogP) is 1.99. The molecule has 0 saturated heterocycles. The molecule has 1 radical (unpaired) electrons. The summed E-state index contributed by atoms with van der Waals surface area (Å²) < 4.78 is 0. The van der Waals surface area contributed by atoms with E-state index in [0.717, 1.165) is 12.2 Å². The molecule has 0 aromatic rings. The highest BCUT2D eigenvalue weighted by Gasteiger charge is 2.04. The van der Waals surface area contributed by atoms with Gasteiger partial charge in [0.15, 0.2) is 0 Å². The van der Waals surface area contributed by atoms with Gasteiger partial charge < -0.3 is 4.90 Å². The van der Waals surface area contributed by atoms with Gasteiger partial charge in [0.2, 0.25) is 0 Å². The van der Waals surface area contributed by atoms with Crippen molar-refractivity contribution in [1.29, 1.82) is 0 Å². The van der Waals surface area contributed by atoms with Crippen LogP contribution in [0.3, 0.4) is 0 Å². The van der Waals surface area contributed by atoms with Crippen LogP contribution < -0.4 is 0 Å². The Bertz CT molecular complexity index is 216. The Morgan fingerprint density at radius 2 is 2.27 bits per heavy atom. The molecule has 0 bridgehead atoms. The molecule has 1 nitrogen and oxygen atoms in total. The van der Waals surface area contributed by atoms with Gasteiger partial charge in [-0.15, -0.1) is 0 Å². The molecule has 0 saturated carbocycles. The van der Waals surface area contributed by atoms with E-state index in [1.165, 1.54) is 5.47 Å². The quantitative estimate of drug-likeness (QED) is 0.538. The summed E-state index contributed by atoms with van der Waals surface area (Å²) in [5.74, 6) is 0. The van der Waals surface area contributed by atoms with Crippen molar-refractivity contribution in [3.05, 3.63) is 36.1 Å². The van der Waals surface area contributed by atoms with Crippen LogP contribution in [0.25, 0.3) is 0 Å². The Morgan fingerprint density at radius 1 is 1.55 bits per heavy atom. The fraction of sp³-hybridized carbons (Fsp3) is 0.333. The minimum atomic E-state index is 0.987. The Labute approximate surface area is 69.3 Å². The predicted molar refractivity (Wildman–Crippen MR) is 50.4 cm³/mol. The number of rotatable bonds is 2. The third-order valence-electron chi connectivity index (χ3n) is 1.82. The molecule has 1 heterocycles. The summed E-state index contributed by atoms with van der Waals surface area (Å²) >= 11 is 0. The Hall–Kier alpha value is -0.915. The Balaban J connectivity index is 2.75. The van der Waals surface area contributed by atoms with E-state index in [2.05, 4.69) is 38.0 Å². The molecule has 57 valence electrons. The average molecular weight is 146 g/mol. The number of hydrogen-bond donors (Lipinski definition) is 0. The highest BCUT2D eigenvalue weighted by molar-refractivity contribution is 6.44. The van der Waals surface area contributed by atoms with Crippen molar-refractivity contribution < 1.29 is 0 Å². The van der Waals surface area contributed by atoms with E-state index in [9.17, 15) is 0 Å². The maximum Gasteiger partial charge on any atom is 0.150 e. The second-order valence-electron chi connectivity index (χ2n) is 2.53. The molecular weight excluding hydrogens is 133 g/mol. The molecule has 1 aliphatic rings. The van der Waals surface area contributed by atoms with Gasteiger partial charge in [0.05, 0.1) is 0 Å². The van der Waals surface area contributed by atoms with Crippen LogP contribution in [-0.4, -0.2) is 18.7 Å². The summed E-state index contributed by atoms with van der Waals surface area (Å²) in [4.78, 5) is 2.13. The topological polar surface area (TPSA) is 3.24 Å². The molecular formula is C9H13BN. The molecule has 0 fully saturated rings. The van der Waals surface area contributed by atoms with Crippen LogP contribution in [0.5, 0.6) is 0 Å². The first-order valence-electron chi connectivity index (χ1n) is 3.92. The summed E-state index contributed by atoms with van der Waals surface area (Å²) in [6, 6.07) is 0. The van der Waals surface area contributed by atoms with Crippen molar-refractivity contribution in [2.24, 2.45) is 0 Å². The summed E-state index contributed by atoms with van der Waals surface area (Å²) in [5.41, 5.74) is 2.32. The second-order valence-corrected chi connectivity index (χ2v) is 2.53. The third kappa shape index (κ3) is 1.76. The van der Waals surface area contributed by atoms with Gasteiger partial charge in [-0.25, -0.2) is 0 Å². The fourth-order valence-electron chi connectivity index (χ4n) is 1.06. The van der Waals surface area contributed by atoms with E-state index in [1.54, 1.807) is 0 Å². The zero-order valence-corrected chi connectivity index (χ0v) is 7.17. The molecule has 1 aliphatic heterocycles. The maximum atomic E-state index is 3.92. The Morgan fingerprint density at radius 3 is 2.82 bits per heavy atom. The van der Waals surface area contributed by atoms with Crippen LogP contribution in [0, 0.1) is 0 Å². The van der Waals surface area contributed by atoms with Crippen LogP contribution >= 0.6 is 0 Å². The molecule has 0 atom stereocenters. The molecule has 0 spiro atoms. The van der Waals surface area contributed by atoms with Crippen LogP contribution in [0.15, 0.2) is 36.1 Å². The van der Waals surface area contributed by atoms with Gasteiger partial charge in [-0.2, -0.15) is 0 Å². The average Bonchev–Trinajstić information content (AvgIpc) is 2.05. The minimum Gasteiger partial charge on any atom is -0.349 e. The number of allylic oxidation sites excluding steroid dienone is 3. The van der Waals surface area contributed by atoms with Crippen molar-refractivity contribution in [3.8, 4) is 0 Å². The molecule has 11 heavy (non-hydrogen) atoms. The summed E-state index contributed by atoms with van der Waals surface area (Å²) in [7, 11) is 2.09. The van der Waals surface area contributed by atoms with E-state index in [-0.39, 0.29) is 0 Å². The first-order chi connectivity index (χ1) is 5.27. The SMILES string of the molecule is C=C1C=CC([B]C)=CN1CC. The van der Waals surface area contributed by atoms with Gasteiger partial charge in [-0.3, -0.25) is 0 Å². The monoisotopic (exact) mass is 146 g/mol.